The monoisotopic (exact) mass is 408 g/mol. The maximum atomic E-state index is 14.0. The van der Waals surface area contributed by atoms with Crippen LogP contribution in [-0.4, -0.2) is 29.5 Å². The van der Waals surface area contributed by atoms with E-state index in [1.807, 2.05) is 37.3 Å². The maximum absolute atomic E-state index is 14.0. The number of ether oxygens (including phenoxy) is 1. The smallest absolute Gasteiger partial charge is 0.123 e. The molecule has 3 aromatic carbocycles. The zero-order valence-corrected chi connectivity index (χ0v) is 17.1. The predicted octanol–water partition coefficient (Wildman–Crippen LogP) is 5.38. The number of nitrogens with zero attached hydrogens (tertiary/aromatic N) is 2. The quantitative estimate of drug-likeness (QED) is 0.522. The zero-order valence-electron chi connectivity index (χ0n) is 17.1. The first-order chi connectivity index (χ1) is 14.6. The summed E-state index contributed by atoms with van der Waals surface area (Å²) in [5.41, 5.74) is 3.16. The normalized spacial score (nSPS) is 17.4. The summed E-state index contributed by atoms with van der Waals surface area (Å²) < 4.78 is 32.8. The minimum absolute atomic E-state index is 0.0441. The highest BCUT2D eigenvalue weighted by molar-refractivity contribution is 5.28. The summed E-state index contributed by atoms with van der Waals surface area (Å²) in [6.45, 7) is 5.78. The first-order valence-corrected chi connectivity index (χ1v) is 10.3. The Labute approximate surface area is 176 Å². The molecule has 3 nitrogen and oxygen atoms in total. The summed E-state index contributed by atoms with van der Waals surface area (Å²) in [7, 11) is 0. The van der Waals surface area contributed by atoms with Gasteiger partial charge in [-0.15, -0.1) is 0 Å². The summed E-state index contributed by atoms with van der Waals surface area (Å²) in [6, 6.07) is 21.5. The molecule has 1 atom stereocenters. The van der Waals surface area contributed by atoms with E-state index in [4.69, 9.17) is 4.74 Å². The topological polar surface area (TPSA) is 15.7 Å². The molecule has 30 heavy (non-hydrogen) atoms. The highest BCUT2D eigenvalue weighted by atomic mass is 19.1. The molecule has 0 N–H and O–H groups in total. The highest BCUT2D eigenvalue weighted by Crippen LogP contribution is 2.33. The van der Waals surface area contributed by atoms with Crippen molar-refractivity contribution in [1.29, 1.82) is 0 Å². The summed E-state index contributed by atoms with van der Waals surface area (Å²) >= 11 is 0. The highest BCUT2D eigenvalue weighted by Gasteiger charge is 2.33. The van der Waals surface area contributed by atoms with Crippen LogP contribution in [0.5, 0.6) is 5.75 Å². The van der Waals surface area contributed by atoms with Crippen molar-refractivity contribution in [3.05, 3.63) is 101 Å². The number of hydrogen-bond donors (Lipinski definition) is 0. The summed E-state index contributed by atoms with van der Waals surface area (Å²) in [5.74, 6) is 0.392. The van der Waals surface area contributed by atoms with Gasteiger partial charge in [0.05, 0.1) is 12.8 Å². The van der Waals surface area contributed by atoms with Gasteiger partial charge >= 0.3 is 0 Å². The van der Waals surface area contributed by atoms with Gasteiger partial charge in [0.2, 0.25) is 0 Å². The maximum Gasteiger partial charge on any atom is 0.123 e. The van der Waals surface area contributed by atoms with E-state index in [0.29, 0.717) is 13.2 Å². The van der Waals surface area contributed by atoms with Crippen molar-refractivity contribution in [2.75, 3.05) is 19.7 Å². The lowest BCUT2D eigenvalue weighted by atomic mass is 10.1. The first kappa shape index (κ1) is 20.5. The Morgan fingerprint density at radius 2 is 1.40 bits per heavy atom. The van der Waals surface area contributed by atoms with Crippen LogP contribution >= 0.6 is 0 Å². The summed E-state index contributed by atoms with van der Waals surface area (Å²) in [6.07, 6.45) is -0.0441. The molecule has 1 heterocycles. The van der Waals surface area contributed by atoms with Crippen LogP contribution in [0.4, 0.5) is 8.78 Å². The second-order valence-electron chi connectivity index (χ2n) is 7.57. The van der Waals surface area contributed by atoms with Crippen LogP contribution in [0, 0.1) is 11.6 Å². The minimum atomic E-state index is -0.237. The summed E-state index contributed by atoms with van der Waals surface area (Å²) in [4.78, 5) is 4.67. The average Bonchev–Trinajstić information content (AvgIpc) is 3.13. The number of halogens is 2. The van der Waals surface area contributed by atoms with Crippen molar-refractivity contribution < 1.29 is 13.5 Å². The number of hydrogen-bond acceptors (Lipinski definition) is 3. The van der Waals surface area contributed by atoms with Gasteiger partial charge in [-0.25, -0.2) is 8.78 Å². The van der Waals surface area contributed by atoms with Gasteiger partial charge in [0, 0.05) is 26.2 Å². The SMILES string of the molecule is CCOc1ccc(CN2CCN(Cc3ccc(F)cc3)[C@H]2c2cccc(F)c2)cc1. The van der Waals surface area contributed by atoms with Gasteiger partial charge in [0.25, 0.3) is 0 Å². The van der Waals surface area contributed by atoms with Gasteiger partial charge in [-0.05, 0) is 60.0 Å². The van der Waals surface area contributed by atoms with Gasteiger partial charge in [-0.2, -0.15) is 0 Å². The molecule has 1 aliphatic rings. The summed E-state index contributed by atoms with van der Waals surface area (Å²) in [5, 5.41) is 0. The molecule has 0 saturated carbocycles. The van der Waals surface area contributed by atoms with Crippen LogP contribution in [0.25, 0.3) is 0 Å². The Kier molecular flexibility index (Phi) is 6.41. The van der Waals surface area contributed by atoms with Gasteiger partial charge < -0.3 is 4.74 Å². The molecule has 5 heteroatoms. The molecular formula is C25H26F2N2O. The Bertz CT molecular complexity index is 960. The first-order valence-electron chi connectivity index (χ1n) is 10.3. The van der Waals surface area contributed by atoms with Crippen LogP contribution in [0.3, 0.4) is 0 Å². The van der Waals surface area contributed by atoms with Gasteiger partial charge in [-0.1, -0.05) is 36.4 Å². The van der Waals surface area contributed by atoms with E-state index in [2.05, 4.69) is 21.9 Å². The predicted molar refractivity (Wildman–Crippen MR) is 114 cm³/mol. The Morgan fingerprint density at radius 1 is 0.800 bits per heavy atom. The van der Waals surface area contributed by atoms with Gasteiger partial charge in [0.1, 0.15) is 17.4 Å². The lowest BCUT2D eigenvalue weighted by molar-refractivity contribution is 0.125. The van der Waals surface area contributed by atoms with Crippen molar-refractivity contribution in [3.8, 4) is 5.75 Å². The second-order valence-corrected chi connectivity index (χ2v) is 7.57. The van der Waals surface area contributed by atoms with Crippen molar-refractivity contribution in [3.63, 3.8) is 0 Å². The Morgan fingerprint density at radius 3 is 1.97 bits per heavy atom. The lowest BCUT2D eigenvalue weighted by Crippen LogP contribution is -2.30. The molecule has 0 radical (unpaired) electrons. The van der Waals surface area contributed by atoms with Crippen LogP contribution in [0.2, 0.25) is 0 Å². The van der Waals surface area contributed by atoms with Crippen LogP contribution in [0.1, 0.15) is 29.8 Å². The fourth-order valence-corrected chi connectivity index (χ4v) is 4.07. The molecule has 1 fully saturated rings. The fraction of sp³-hybridized carbons (Fsp3) is 0.280. The molecule has 0 unspecified atom stereocenters. The van der Waals surface area contributed by atoms with E-state index >= 15 is 0 Å². The number of rotatable bonds is 7. The van der Waals surface area contributed by atoms with Gasteiger partial charge in [0.15, 0.2) is 0 Å². The van der Waals surface area contributed by atoms with Crippen molar-refractivity contribution in [2.24, 2.45) is 0 Å². The van der Waals surface area contributed by atoms with Crippen molar-refractivity contribution in [1.82, 2.24) is 9.80 Å². The largest absolute Gasteiger partial charge is 0.494 e. The standard InChI is InChI=1S/C25H26F2N2O/c1-2-30-24-12-8-20(9-13-24)18-29-15-14-28(17-19-6-10-22(26)11-7-19)25(29)21-4-3-5-23(27)16-21/h3-13,16,25H,2,14-15,17-18H2,1H3/t25-/m1/s1. The third-order valence-corrected chi connectivity index (χ3v) is 5.43. The van der Waals surface area contributed by atoms with Crippen LogP contribution in [-0.2, 0) is 13.1 Å². The van der Waals surface area contributed by atoms with E-state index in [1.54, 1.807) is 12.1 Å². The zero-order chi connectivity index (χ0) is 20.9. The number of benzene rings is 3. The van der Waals surface area contributed by atoms with E-state index in [9.17, 15) is 8.78 Å². The molecule has 0 amide bonds. The van der Waals surface area contributed by atoms with Crippen LogP contribution < -0.4 is 4.74 Å². The third-order valence-electron chi connectivity index (χ3n) is 5.43. The molecule has 0 aromatic heterocycles. The van der Waals surface area contributed by atoms with Crippen molar-refractivity contribution in [2.45, 2.75) is 26.2 Å². The molecule has 4 rings (SSSR count). The molecule has 3 aromatic rings. The Hall–Kier alpha value is -2.76. The van der Waals surface area contributed by atoms with E-state index in [-0.39, 0.29) is 17.8 Å². The lowest BCUT2D eigenvalue weighted by Gasteiger charge is -2.31. The van der Waals surface area contributed by atoms with E-state index < -0.39 is 0 Å². The third kappa shape index (κ3) is 4.86. The molecule has 1 aliphatic heterocycles. The van der Waals surface area contributed by atoms with Crippen LogP contribution in [0.15, 0.2) is 72.8 Å². The minimum Gasteiger partial charge on any atom is -0.494 e. The second kappa shape index (κ2) is 9.37. The molecule has 0 spiro atoms. The average molecular weight is 408 g/mol. The van der Waals surface area contributed by atoms with Crippen molar-refractivity contribution >= 4 is 0 Å². The fourth-order valence-electron chi connectivity index (χ4n) is 4.07. The molecule has 0 bridgehead atoms. The molecule has 156 valence electrons. The van der Waals surface area contributed by atoms with E-state index in [0.717, 1.165) is 36.5 Å². The molecule has 0 aliphatic carbocycles. The van der Waals surface area contributed by atoms with E-state index in [1.165, 1.54) is 23.8 Å². The van der Waals surface area contributed by atoms with Gasteiger partial charge in [-0.3, -0.25) is 9.80 Å². The molecular weight excluding hydrogens is 382 g/mol. The Balaban J connectivity index is 1.56. The molecule has 1 saturated heterocycles.